The van der Waals surface area contributed by atoms with Crippen LogP contribution in [0.2, 0.25) is 0 Å². The number of hydrogen-bond acceptors (Lipinski definition) is 8. The van der Waals surface area contributed by atoms with Gasteiger partial charge in [0.05, 0.1) is 19.3 Å². The Morgan fingerprint density at radius 2 is 1.00 bits per heavy atom. The average Bonchev–Trinajstić information content (AvgIpc) is 3.18. The molecule has 0 radical (unpaired) electrons. The maximum absolute atomic E-state index is 13.0. The van der Waals surface area contributed by atoms with E-state index in [1.165, 1.54) is 0 Å². The molecule has 2 rings (SSSR count). The molecule has 0 saturated heterocycles. The maximum Gasteiger partial charge on any atom is 0.307 e. The van der Waals surface area contributed by atoms with Gasteiger partial charge in [-0.3, -0.25) is 24.0 Å². The molecule has 0 bridgehead atoms. The lowest BCUT2D eigenvalue weighted by atomic mass is 9.71. The van der Waals surface area contributed by atoms with Crippen molar-refractivity contribution in [1.82, 2.24) is 0 Å². The minimum absolute atomic E-state index is 0.0521. The van der Waals surface area contributed by atoms with Gasteiger partial charge in [-0.1, -0.05) is 149 Å². The van der Waals surface area contributed by atoms with Crippen molar-refractivity contribution in [3.63, 3.8) is 0 Å². The predicted molar refractivity (Wildman–Crippen MR) is 245 cm³/mol. The molecule has 0 aliphatic heterocycles. The number of Topliss-reactive ketones (excluding diaryl/α,β-unsaturated/α-hetero) is 2. The Labute approximate surface area is 364 Å². The van der Waals surface area contributed by atoms with Crippen molar-refractivity contribution >= 4 is 35.8 Å². The third-order valence-electron chi connectivity index (χ3n) is 9.85. The van der Waals surface area contributed by atoms with E-state index >= 15 is 0 Å². The van der Waals surface area contributed by atoms with Crippen molar-refractivity contribution in [2.24, 2.45) is 10.8 Å². The fourth-order valence-corrected chi connectivity index (χ4v) is 6.46. The number of hydrogen-bond donors (Lipinski definition) is 2. The maximum atomic E-state index is 13.0. The van der Waals surface area contributed by atoms with Crippen molar-refractivity contribution < 1.29 is 48.5 Å². The molecular weight excluding hydrogens is 773 g/mol. The second kappa shape index (κ2) is 28.1. The number of esters is 1. The van der Waals surface area contributed by atoms with Gasteiger partial charge >= 0.3 is 17.9 Å². The Morgan fingerprint density at radius 1 is 0.623 bits per heavy atom. The van der Waals surface area contributed by atoms with Crippen LogP contribution in [0.3, 0.4) is 0 Å². The Balaban J connectivity index is 0.00000361. The molecule has 2 aliphatic carbocycles. The molecule has 0 amide bonds. The summed E-state index contributed by atoms with van der Waals surface area (Å²) in [5.41, 5.74) is 7.02. The standard InChI is InChI=1S/C45H58O7.C4H6O3.C2H6/c1-30(18-14-20-32(3)22-24-36-34(5)42(49)38(51-11)28-44(36,7)8)16-12-13-17-31(2)19-15-21-33(4)23-25-37-35(6)43(50)39(29-45(37,9)10)52-41(48)27-26-40(46)47;5-3-1-2-4(6)7;1-2/h12-25,38-39H,26-29H2,1-11H3,(H,46,47);3H,1-2H2,(H,6,7);1-2H3/b13-12+,18-14+,19-15+,24-22+,25-23+,30-16+,31-17+,32-20+,33-21+;;. The van der Waals surface area contributed by atoms with E-state index in [0.29, 0.717) is 24.7 Å². The van der Waals surface area contributed by atoms with Crippen LogP contribution >= 0.6 is 0 Å². The number of methoxy groups -OCH3 is 1. The third-order valence-corrected chi connectivity index (χ3v) is 9.85. The van der Waals surface area contributed by atoms with Gasteiger partial charge in [-0.15, -0.1) is 0 Å². The van der Waals surface area contributed by atoms with Crippen LogP contribution in [0.25, 0.3) is 0 Å². The van der Waals surface area contributed by atoms with E-state index in [4.69, 9.17) is 19.7 Å². The first-order chi connectivity index (χ1) is 28.6. The number of carbonyl (C=O) groups is 6. The van der Waals surface area contributed by atoms with Crippen molar-refractivity contribution in [2.75, 3.05) is 7.11 Å². The fourth-order valence-electron chi connectivity index (χ4n) is 6.46. The van der Waals surface area contributed by atoms with Crippen LogP contribution in [0.1, 0.15) is 122 Å². The van der Waals surface area contributed by atoms with Crippen molar-refractivity contribution in [2.45, 2.75) is 134 Å². The number of ketones is 2. The summed E-state index contributed by atoms with van der Waals surface area (Å²) in [7, 11) is 1.60. The molecule has 334 valence electrons. The SMILES string of the molecule is CC.COC1CC(C)(C)C(/C=C/C(C)=C/C=C/C(C)=C/C=C/C=C(C)/C=C/C=C(C)/C=C/C2=C(C)C(=O)C(OC(=O)CCC(=O)O)CC2(C)C)=C(C)C1=O.O=CCCC(=O)O. The first kappa shape index (κ1) is 55.5. The number of allylic oxidation sites excluding steroid dienone is 20. The summed E-state index contributed by atoms with van der Waals surface area (Å²) < 4.78 is 10.8. The minimum atomic E-state index is -1.08. The van der Waals surface area contributed by atoms with E-state index in [1.54, 1.807) is 14.0 Å². The lowest BCUT2D eigenvalue weighted by Gasteiger charge is -2.36. The summed E-state index contributed by atoms with van der Waals surface area (Å²) >= 11 is 0. The molecule has 2 atom stereocenters. The zero-order valence-corrected chi connectivity index (χ0v) is 38.7. The molecule has 2 aliphatic rings. The second-order valence-corrected chi connectivity index (χ2v) is 16.1. The second-order valence-electron chi connectivity index (χ2n) is 16.1. The van der Waals surface area contributed by atoms with E-state index in [0.717, 1.165) is 39.0 Å². The van der Waals surface area contributed by atoms with E-state index in [2.05, 4.69) is 38.2 Å². The summed E-state index contributed by atoms with van der Waals surface area (Å²) in [6, 6.07) is 0. The minimum Gasteiger partial charge on any atom is -0.481 e. The van der Waals surface area contributed by atoms with Crippen LogP contribution in [0.15, 0.2) is 130 Å². The highest BCUT2D eigenvalue weighted by Crippen LogP contribution is 2.42. The Morgan fingerprint density at radius 3 is 1.38 bits per heavy atom. The molecule has 2 unspecified atom stereocenters. The highest BCUT2D eigenvalue weighted by atomic mass is 16.5. The first-order valence-corrected chi connectivity index (χ1v) is 20.7. The zero-order valence-electron chi connectivity index (χ0n) is 38.7. The average molecular weight is 843 g/mol. The quantitative estimate of drug-likeness (QED) is 0.0772. The lowest BCUT2D eigenvalue weighted by molar-refractivity contribution is -0.157. The zero-order chi connectivity index (χ0) is 46.9. The molecule has 0 saturated carbocycles. The van der Waals surface area contributed by atoms with Crippen LogP contribution in [0, 0.1) is 10.8 Å². The molecule has 0 heterocycles. The molecule has 0 fully saturated rings. The monoisotopic (exact) mass is 842 g/mol. The molecule has 2 N–H and O–H groups in total. The summed E-state index contributed by atoms with van der Waals surface area (Å²) in [4.78, 5) is 67.5. The Hall–Kier alpha value is -5.48. The molecule has 0 aromatic carbocycles. The number of ether oxygens (including phenoxy) is 2. The van der Waals surface area contributed by atoms with Gasteiger partial charge in [0.2, 0.25) is 0 Å². The van der Waals surface area contributed by atoms with Gasteiger partial charge in [-0.05, 0) is 81.1 Å². The van der Waals surface area contributed by atoms with Crippen molar-refractivity contribution in [3.8, 4) is 0 Å². The predicted octanol–water partition coefficient (Wildman–Crippen LogP) is 11.1. The number of carboxylic acids is 2. The summed E-state index contributed by atoms with van der Waals surface area (Å²) in [5, 5.41) is 16.7. The third kappa shape index (κ3) is 21.1. The normalized spacial score (nSPS) is 20.1. The van der Waals surface area contributed by atoms with E-state index < -0.39 is 29.4 Å². The molecule has 0 aromatic heterocycles. The molecule has 10 heteroatoms. The topological polar surface area (TPSA) is 161 Å². The van der Waals surface area contributed by atoms with Gasteiger partial charge in [0.25, 0.3) is 0 Å². The van der Waals surface area contributed by atoms with Gasteiger partial charge in [-0.2, -0.15) is 0 Å². The molecular formula is C51H70O10. The summed E-state index contributed by atoms with van der Waals surface area (Å²) in [6.45, 7) is 24.1. The molecule has 0 spiro atoms. The van der Waals surface area contributed by atoms with Crippen LogP contribution in [0.4, 0.5) is 0 Å². The number of rotatable bonds is 18. The number of aldehydes is 1. The van der Waals surface area contributed by atoms with Gasteiger partial charge in [0.1, 0.15) is 12.4 Å². The van der Waals surface area contributed by atoms with Crippen LogP contribution in [-0.2, 0) is 38.2 Å². The number of carbonyl (C=O) groups excluding carboxylic acids is 4. The first-order valence-electron chi connectivity index (χ1n) is 20.7. The lowest BCUT2D eigenvalue weighted by Crippen LogP contribution is -2.39. The van der Waals surface area contributed by atoms with Gasteiger partial charge in [0, 0.05) is 20.0 Å². The van der Waals surface area contributed by atoms with E-state index in [9.17, 15) is 28.8 Å². The summed E-state index contributed by atoms with van der Waals surface area (Å²) in [6.07, 6.45) is 28.1. The van der Waals surface area contributed by atoms with Gasteiger partial charge < -0.3 is 24.5 Å². The van der Waals surface area contributed by atoms with Crippen molar-refractivity contribution in [3.05, 3.63) is 130 Å². The van der Waals surface area contributed by atoms with Crippen LogP contribution < -0.4 is 0 Å². The fraction of sp³-hybridized carbons (Fsp3) is 0.451. The smallest absolute Gasteiger partial charge is 0.307 e. The Bertz CT molecular complexity index is 1910. The van der Waals surface area contributed by atoms with Crippen LogP contribution in [-0.4, -0.2) is 65.3 Å². The Kier molecular flexibility index (Phi) is 25.6. The highest BCUT2D eigenvalue weighted by molar-refractivity contribution is 6.02. The van der Waals surface area contributed by atoms with Crippen molar-refractivity contribution in [1.29, 1.82) is 0 Å². The van der Waals surface area contributed by atoms with Gasteiger partial charge in [0.15, 0.2) is 17.7 Å². The largest absolute Gasteiger partial charge is 0.481 e. The number of aliphatic carboxylic acids is 2. The van der Waals surface area contributed by atoms with E-state index in [-0.39, 0.29) is 48.8 Å². The highest BCUT2D eigenvalue weighted by Gasteiger charge is 2.40. The van der Waals surface area contributed by atoms with E-state index in [1.807, 2.05) is 123 Å². The van der Waals surface area contributed by atoms with Gasteiger partial charge in [-0.25, -0.2) is 0 Å². The molecule has 0 aromatic rings. The van der Waals surface area contributed by atoms with Crippen LogP contribution in [0.5, 0.6) is 0 Å². The molecule has 10 nitrogen and oxygen atoms in total. The summed E-state index contributed by atoms with van der Waals surface area (Å²) in [5.74, 6) is -2.86. The number of carboxylic acid groups (broad SMARTS) is 2. The molecule has 61 heavy (non-hydrogen) atoms.